The Morgan fingerprint density at radius 1 is 1.11 bits per heavy atom. The molecule has 0 bridgehead atoms. The van der Waals surface area contributed by atoms with E-state index in [0.29, 0.717) is 57.8 Å². The number of fused-ring (bicyclic) bond motifs is 3. The number of carbonyl (C=O) groups is 1. The van der Waals surface area contributed by atoms with Crippen LogP contribution in [0.3, 0.4) is 0 Å². The van der Waals surface area contributed by atoms with E-state index in [0.717, 1.165) is 24.8 Å². The zero-order valence-electron chi connectivity index (χ0n) is 25.2. The molecule has 4 heterocycles. The smallest absolute Gasteiger partial charge is 0.319 e. The van der Waals surface area contributed by atoms with Gasteiger partial charge in [0.2, 0.25) is 0 Å². The van der Waals surface area contributed by atoms with Crippen molar-refractivity contribution in [1.29, 1.82) is 0 Å². The molecule has 0 saturated carbocycles. The first kappa shape index (κ1) is 31.0. The van der Waals surface area contributed by atoms with Gasteiger partial charge >= 0.3 is 6.01 Å². The lowest BCUT2D eigenvalue weighted by molar-refractivity contribution is -0.129. The van der Waals surface area contributed by atoms with Gasteiger partial charge in [0.1, 0.15) is 24.4 Å². The fourth-order valence-electron chi connectivity index (χ4n) is 7.41. The van der Waals surface area contributed by atoms with Crippen LogP contribution in [-0.4, -0.2) is 82.8 Å². The van der Waals surface area contributed by atoms with E-state index in [1.807, 2.05) is 36.1 Å². The van der Waals surface area contributed by atoms with Gasteiger partial charge in [-0.2, -0.15) is 9.97 Å². The second-order valence-electron chi connectivity index (χ2n) is 12.5. The van der Waals surface area contributed by atoms with Gasteiger partial charge in [0.15, 0.2) is 5.83 Å². The molecule has 3 aliphatic heterocycles. The number of hydrogen-bond acceptors (Lipinski definition) is 6. The predicted molar refractivity (Wildman–Crippen MR) is 175 cm³/mol. The molecule has 1 aromatic heterocycles. The molecule has 0 unspecified atom stereocenters. The van der Waals surface area contributed by atoms with Crippen molar-refractivity contribution in [3.8, 4) is 17.1 Å². The molecule has 3 saturated heterocycles. The number of halogens is 5. The molecule has 3 fully saturated rings. The third-order valence-corrected chi connectivity index (χ3v) is 10.3. The second kappa shape index (κ2) is 11.9. The standard InChI is InChI=1S/C34H32Cl2F3N5O2/c1-19-16-42(32(45)20(2)37)11-12-44(19)31-25-13-26(35)24(23-6-3-5-21-7-8-27(39)30(36)29(21)23)14-28(25)40-33(41-31)46-18-34-9-4-10-43(34)17-22(38)15-34/h3,5-8,13-14,19,22H,2,4,9-12,15-18H2,1H3/t19-,22+,34+/m0/s1. The highest BCUT2D eigenvalue weighted by atomic mass is 35.5. The predicted octanol–water partition coefficient (Wildman–Crippen LogP) is 7.37. The summed E-state index contributed by atoms with van der Waals surface area (Å²) < 4.78 is 49.1. The maximum absolute atomic E-state index is 14.6. The molecule has 4 aromatic rings. The molecule has 0 aliphatic carbocycles. The van der Waals surface area contributed by atoms with E-state index in [1.165, 1.54) is 11.0 Å². The summed E-state index contributed by atoms with van der Waals surface area (Å²) in [5.74, 6) is -1.72. The number of carbonyl (C=O) groups excluding carboxylic acids is 1. The molecule has 7 rings (SSSR count). The number of rotatable bonds is 6. The van der Waals surface area contributed by atoms with Gasteiger partial charge in [-0.3, -0.25) is 9.69 Å². The first-order valence-corrected chi connectivity index (χ1v) is 16.1. The van der Waals surface area contributed by atoms with Gasteiger partial charge in [-0.1, -0.05) is 54.0 Å². The van der Waals surface area contributed by atoms with Crippen LogP contribution in [0.5, 0.6) is 6.01 Å². The number of amides is 1. The Bertz CT molecular complexity index is 1890. The summed E-state index contributed by atoms with van der Waals surface area (Å²) in [4.78, 5) is 27.6. The van der Waals surface area contributed by atoms with Crippen molar-refractivity contribution in [3.05, 3.63) is 70.7 Å². The summed E-state index contributed by atoms with van der Waals surface area (Å²) in [5, 5.41) is 2.31. The largest absolute Gasteiger partial charge is 0.461 e. The number of hydrogen-bond donors (Lipinski definition) is 0. The molecular formula is C34H32Cl2F3N5O2. The summed E-state index contributed by atoms with van der Waals surface area (Å²) in [6, 6.07) is 12.0. The highest BCUT2D eigenvalue weighted by molar-refractivity contribution is 6.38. The lowest BCUT2D eigenvalue weighted by atomic mass is 9.95. The van der Waals surface area contributed by atoms with E-state index >= 15 is 0 Å². The molecule has 3 aromatic carbocycles. The SMILES string of the molecule is C=C(F)C(=O)N1CCN(c2nc(OC[C@]34CCCN3C[C@H](F)C4)nc3cc(-c4cccc5ccc(F)c(Cl)c45)c(Cl)cc23)[C@@H](C)C1. The van der Waals surface area contributed by atoms with Crippen molar-refractivity contribution in [2.24, 2.45) is 0 Å². The van der Waals surface area contributed by atoms with Crippen LogP contribution >= 0.6 is 23.2 Å². The lowest BCUT2D eigenvalue weighted by Gasteiger charge is -2.40. The van der Waals surface area contributed by atoms with Gasteiger partial charge in [-0.05, 0) is 55.5 Å². The van der Waals surface area contributed by atoms with Gasteiger partial charge in [-0.25, -0.2) is 13.2 Å². The number of aromatic nitrogens is 2. The third kappa shape index (κ3) is 5.34. The van der Waals surface area contributed by atoms with Crippen LogP contribution in [0, 0.1) is 5.82 Å². The van der Waals surface area contributed by atoms with E-state index in [4.69, 9.17) is 37.9 Å². The van der Waals surface area contributed by atoms with Crippen molar-refractivity contribution in [2.75, 3.05) is 44.2 Å². The minimum Gasteiger partial charge on any atom is -0.461 e. The molecular weight excluding hydrogens is 638 g/mol. The molecule has 3 aliphatic rings. The molecule has 3 atom stereocenters. The second-order valence-corrected chi connectivity index (χ2v) is 13.3. The van der Waals surface area contributed by atoms with Crippen molar-refractivity contribution in [3.63, 3.8) is 0 Å². The Hall–Kier alpha value is -3.60. The van der Waals surface area contributed by atoms with E-state index < -0.39 is 29.3 Å². The summed E-state index contributed by atoms with van der Waals surface area (Å²) >= 11 is 13.4. The molecule has 0 spiro atoms. The van der Waals surface area contributed by atoms with Gasteiger partial charge in [-0.15, -0.1) is 0 Å². The molecule has 12 heteroatoms. The van der Waals surface area contributed by atoms with Crippen LogP contribution < -0.4 is 9.64 Å². The van der Waals surface area contributed by atoms with Crippen LogP contribution in [0.15, 0.2) is 54.9 Å². The molecule has 0 radical (unpaired) electrons. The van der Waals surface area contributed by atoms with Crippen LogP contribution in [-0.2, 0) is 4.79 Å². The Balaban J connectivity index is 1.33. The van der Waals surface area contributed by atoms with E-state index in [-0.39, 0.29) is 36.8 Å². The normalized spacial score (nSPS) is 23.3. The highest BCUT2D eigenvalue weighted by Crippen LogP contribution is 2.43. The monoisotopic (exact) mass is 669 g/mol. The Kier molecular flexibility index (Phi) is 8.02. The van der Waals surface area contributed by atoms with Gasteiger partial charge < -0.3 is 14.5 Å². The average molecular weight is 671 g/mol. The van der Waals surface area contributed by atoms with Crippen LogP contribution in [0.4, 0.5) is 19.0 Å². The van der Waals surface area contributed by atoms with Gasteiger partial charge in [0.25, 0.3) is 5.91 Å². The quantitative estimate of drug-likeness (QED) is 0.200. The number of anilines is 1. The van der Waals surface area contributed by atoms with Gasteiger partial charge in [0.05, 0.1) is 16.1 Å². The van der Waals surface area contributed by atoms with Crippen LogP contribution in [0.1, 0.15) is 26.2 Å². The Morgan fingerprint density at radius 2 is 1.93 bits per heavy atom. The van der Waals surface area contributed by atoms with Gasteiger partial charge in [0, 0.05) is 60.0 Å². The zero-order chi connectivity index (χ0) is 32.3. The summed E-state index contributed by atoms with van der Waals surface area (Å²) in [5.41, 5.74) is 1.37. The van der Waals surface area contributed by atoms with Crippen LogP contribution in [0.25, 0.3) is 32.8 Å². The molecule has 240 valence electrons. The highest BCUT2D eigenvalue weighted by Gasteiger charge is 2.49. The minimum absolute atomic E-state index is 0.00280. The van der Waals surface area contributed by atoms with E-state index in [9.17, 15) is 18.0 Å². The van der Waals surface area contributed by atoms with E-state index in [1.54, 1.807) is 12.1 Å². The Labute approximate surface area is 274 Å². The van der Waals surface area contributed by atoms with Crippen molar-refractivity contribution in [1.82, 2.24) is 19.8 Å². The van der Waals surface area contributed by atoms with Crippen LogP contribution in [0.2, 0.25) is 10.0 Å². The maximum Gasteiger partial charge on any atom is 0.319 e. The average Bonchev–Trinajstić information content (AvgIpc) is 3.56. The zero-order valence-corrected chi connectivity index (χ0v) is 26.7. The number of ether oxygens (including phenoxy) is 1. The summed E-state index contributed by atoms with van der Waals surface area (Å²) in [6.07, 6.45) is 1.30. The molecule has 1 amide bonds. The van der Waals surface area contributed by atoms with Crippen molar-refractivity contribution < 1.29 is 22.7 Å². The summed E-state index contributed by atoms with van der Waals surface area (Å²) in [7, 11) is 0. The minimum atomic E-state index is -1.00. The number of benzene rings is 3. The summed E-state index contributed by atoms with van der Waals surface area (Å²) in [6.45, 7) is 7.43. The van der Waals surface area contributed by atoms with Crippen molar-refractivity contribution >= 4 is 56.6 Å². The molecule has 46 heavy (non-hydrogen) atoms. The number of nitrogens with zero attached hydrogens (tertiary/aromatic N) is 5. The number of alkyl halides is 1. The number of piperazine rings is 1. The Morgan fingerprint density at radius 3 is 2.72 bits per heavy atom. The third-order valence-electron chi connectivity index (χ3n) is 9.62. The fraction of sp³-hybridized carbons (Fsp3) is 0.382. The first-order chi connectivity index (χ1) is 22.0. The first-order valence-electron chi connectivity index (χ1n) is 15.4. The topological polar surface area (TPSA) is 61.8 Å². The van der Waals surface area contributed by atoms with Crippen molar-refractivity contribution in [2.45, 2.75) is 43.9 Å². The fourth-order valence-corrected chi connectivity index (χ4v) is 7.95. The lowest BCUT2D eigenvalue weighted by Crippen LogP contribution is -2.54. The molecule has 7 nitrogen and oxygen atoms in total. The molecule has 0 N–H and O–H groups in total. The van der Waals surface area contributed by atoms with E-state index in [2.05, 4.69) is 11.5 Å². The maximum atomic E-state index is 14.6.